The average Bonchev–Trinajstić information content (AvgIpc) is 3.28. The highest BCUT2D eigenvalue weighted by atomic mass is 16.5. The van der Waals surface area contributed by atoms with Crippen LogP contribution in [0.25, 0.3) is 16.6 Å². The van der Waals surface area contributed by atoms with Crippen LogP contribution in [0.1, 0.15) is 11.6 Å². The second-order valence-electron chi connectivity index (χ2n) is 8.09. The Labute approximate surface area is 192 Å². The van der Waals surface area contributed by atoms with Crippen molar-refractivity contribution in [3.8, 4) is 17.2 Å². The number of ether oxygens (including phenoxy) is 3. The molecule has 2 aromatic heterocycles. The zero-order valence-corrected chi connectivity index (χ0v) is 19.4. The number of fused-ring (bicyclic) bond motifs is 3. The molecule has 0 radical (unpaired) electrons. The summed E-state index contributed by atoms with van der Waals surface area (Å²) in [5, 5.41) is 9.93. The maximum Gasteiger partial charge on any atom is 0.171 e. The van der Waals surface area contributed by atoms with Crippen LogP contribution >= 0.6 is 0 Å². The Kier molecular flexibility index (Phi) is 5.63. The number of para-hydroxylation sites is 2. The van der Waals surface area contributed by atoms with E-state index in [1.54, 1.807) is 21.3 Å². The zero-order chi connectivity index (χ0) is 22.9. The van der Waals surface area contributed by atoms with Crippen LogP contribution in [0.15, 0.2) is 36.4 Å². The summed E-state index contributed by atoms with van der Waals surface area (Å²) >= 11 is 0. The fourth-order valence-electron chi connectivity index (χ4n) is 4.54. The van der Waals surface area contributed by atoms with E-state index in [9.17, 15) is 0 Å². The van der Waals surface area contributed by atoms with Crippen LogP contribution in [0, 0.1) is 6.92 Å². The minimum absolute atomic E-state index is 0.647. The molecule has 1 saturated heterocycles. The molecule has 1 fully saturated rings. The first-order valence-electron chi connectivity index (χ1n) is 11.0. The van der Waals surface area contributed by atoms with Gasteiger partial charge in [-0.1, -0.05) is 12.1 Å². The fourth-order valence-corrected chi connectivity index (χ4v) is 4.54. The lowest BCUT2D eigenvalue weighted by Gasteiger charge is -2.36. The highest BCUT2D eigenvalue weighted by molar-refractivity contribution is 5.93. The molecule has 172 valence electrons. The van der Waals surface area contributed by atoms with Gasteiger partial charge in [-0.3, -0.25) is 9.30 Å². The van der Waals surface area contributed by atoms with Crippen LogP contribution in [-0.2, 0) is 6.54 Å². The molecule has 0 bridgehead atoms. The van der Waals surface area contributed by atoms with Crippen molar-refractivity contribution in [1.29, 1.82) is 0 Å². The van der Waals surface area contributed by atoms with Gasteiger partial charge in [-0.25, -0.2) is 4.98 Å². The van der Waals surface area contributed by atoms with Crippen LogP contribution in [0.5, 0.6) is 17.2 Å². The van der Waals surface area contributed by atoms with Crippen molar-refractivity contribution in [2.45, 2.75) is 13.5 Å². The van der Waals surface area contributed by atoms with Gasteiger partial charge in [-0.2, -0.15) is 0 Å². The summed E-state index contributed by atoms with van der Waals surface area (Å²) in [4.78, 5) is 9.57. The van der Waals surface area contributed by atoms with Crippen molar-refractivity contribution in [2.24, 2.45) is 0 Å². The molecule has 33 heavy (non-hydrogen) atoms. The van der Waals surface area contributed by atoms with E-state index < -0.39 is 0 Å². The number of aryl methyl sites for hydroxylation is 1. The molecular weight excluding hydrogens is 420 g/mol. The summed E-state index contributed by atoms with van der Waals surface area (Å²) < 4.78 is 18.5. The maximum atomic E-state index is 5.54. The first-order valence-corrected chi connectivity index (χ1v) is 11.0. The van der Waals surface area contributed by atoms with E-state index in [1.807, 2.05) is 35.6 Å². The lowest BCUT2D eigenvalue weighted by molar-refractivity contribution is 0.242. The zero-order valence-electron chi connectivity index (χ0n) is 19.4. The van der Waals surface area contributed by atoms with Gasteiger partial charge in [0.2, 0.25) is 0 Å². The first kappa shape index (κ1) is 21.3. The summed E-state index contributed by atoms with van der Waals surface area (Å²) in [5.41, 5.74) is 2.73. The van der Waals surface area contributed by atoms with Gasteiger partial charge in [0.05, 0.1) is 39.1 Å². The van der Waals surface area contributed by atoms with Crippen molar-refractivity contribution in [3.05, 3.63) is 48.0 Å². The minimum atomic E-state index is 0.647. The highest BCUT2D eigenvalue weighted by Gasteiger charge is 2.22. The monoisotopic (exact) mass is 448 g/mol. The van der Waals surface area contributed by atoms with E-state index >= 15 is 0 Å². The fraction of sp³-hybridized carbons (Fsp3) is 0.375. The van der Waals surface area contributed by atoms with E-state index in [2.05, 4.69) is 32.1 Å². The third kappa shape index (κ3) is 3.78. The SMILES string of the molecule is COc1cc2nc(C)n3c(CN4CCN(c5ccccc5OC)CC4)nnc3c2cc1OC. The van der Waals surface area contributed by atoms with Gasteiger partial charge in [-0.05, 0) is 25.1 Å². The van der Waals surface area contributed by atoms with Gasteiger partial charge in [-0.15, -0.1) is 10.2 Å². The van der Waals surface area contributed by atoms with E-state index in [0.29, 0.717) is 18.0 Å². The molecule has 9 nitrogen and oxygen atoms in total. The number of anilines is 1. The third-order valence-corrected chi connectivity index (χ3v) is 6.24. The Morgan fingerprint density at radius 1 is 0.848 bits per heavy atom. The van der Waals surface area contributed by atoms with Crippen LogP contribution in [0.4, 0.5) is 5.69 Å². The van der Waals surface area contributed by atoms with E-state index in [0.717, 1.165) is 65.8 Å². The Bertz CT molecular complexity index is 1300. The number of methoxy groups -OCH3 is 3. The number of piperazine rings is 1. The molecule has 9 heteroatoms. The molecule has 2 aromatic carbocycles. The Balaban J connectivity index is 1.39. The normalized spacial score (nSPS) is 14.7. The lowest BCUT2D eigenvalue weighted by atomic mass is 10.2. The third-order valence-electron chi connectivity index (χ3n) is 6.24. The summed E-state index contributed by atoms with van der Waals surface area (Å²) in [6, 6.07) is 12.0. The number of rotatable bonds is 6. The van der Waals surface area contributed by atoms with Gasteiger partial charge in [0.25, 0.3) is 0 Å². The molecule has 1 aliphatic rings. The largest absolute Gasteiger partial charge is 0.495 e. The molecule has 3 heterocycles. The summed E-state index contributed by atoms with van der Waals surface area (Å²) in [6.45, 7) is 6.40. The molecule has 0 unspecified atom stereocenters. The molecular formula is C24H28N6O3. The number of nitrogens with zero attached hydrogens (tertiary/aromatic N) is 6. The quantitative estimate of drug-likeness (QED) is 0.446. The molecule has 0 spiro atoms. The van der Waals surface area contributed by atoms with Gasteiger partial charge < -0.3 is 19.1 Å². The smallest absolute Gasteiger partial charge is 0.171 e. The first-order chi connectivity index (χ1) is 16.1. The number of aromatic nitrogens is 4. The summed E-state index contributed by atoms with van der Waals surface area (Å²) in [6.07, 6.45) is 0. The van der Waals surface area contributed by atoms with Gasteiger partial charge in [0.1, 0.15) is 11.6 Å². The van der Waals surface area contributed by atoms with Crippen LogP contribution < -0.4 is 19.1 Å². The predicted molar refractivity (Wildman–Crippen MR) is 127 cm³/mol. The molecule has 1 aliphatic heterocycles. The molecule has 5 rings (SSSR count). The highest BCUT2D eigenvalue weighted by Crippen LogP contribution is 2.33. The lowest BCUT2D eigenvalue weighted by Crippen LogP contribution is -2.46. The van der Waals surface area contributed by atoms with Crippen LogP contribution in [0.2, 0.25) is 0 Å². The molecule has 4 aromatic rings. The van der Waals surface area contributed by atoms with Crippen LogP contribution in [0.3, 0.4) is 0 Å². The maximum absolute atomic E-state index is 5.54. The van der Waals surface area contributed by atoms with E-state index in [4.69, 9.17) is 19.2 Å². The van der Waals surface area contributed by atoms with E-state index in [-0.39, 0.29) is 0 Å². The van der Waals surface area contributed by atoms with Crippen LogP contribution in [-0.4, -0.2) is 72.0 Å². The summed E-state index contributed by atoms with van der Waals surface area (Å²) in [7, 11) is 4.97. The van der Waals surface area contributed by atoms with Crippen molar-refractivity contribution in [1.82, 2.24) is 24.5 Å². The number of hydrogen-bond donors (Lipinski definition) is 0. The number of benzene rings is 2. The molecule has 0 saturated carbocycles. The van der Waals surface area contributed by atoms with Crippen molar-refractivity contribution >= 4 is 22.2 Å². The second-order valence-corrected chi connectivity index (χ2v) is 8.09. The average molecular weight is 449 g/mol. The van der Waals surface area contributed by atoms with Gasteiger partial charge in [0.15, 0.2) is 23.0 Å². The topological polar surface area (TPSA) is 77.3 Å². The van der Waals surface area contributed by atoms with Crippen molar-refractivity contribution in [2.75, 3.05) is 52.4 Å². The molecule has 0 amide bonds. The molecule has 0 N–H and O–H groups in total. The second kappa shape index (κ2) is 8.74. The summed E-state index contributed by atoms with van der Waals surface area (Å²) in [5.74, 6) is 3.94. The van der Waals surface area contributed by atoms with E-state index in [1.165, 1.54) is 0 Å². The Morgan fingerprint density at radius 3 is 2.27 bits per heavy atom. The Morgan fingerprint density at radius 2 is 1.55 bits per heavy atom. The van der Waals surface area contributed by atoms with Gasteiger partial charge >= 0.3 is 0 Å². The molecule has 0 atom stereocenters. The standard InChI is InChI=1S/C24H28N6O3/c1-16-25-18-14-22(33-4)21(32-3)13-17(18)24-27-26-23(30(16)24)15-28-9-11-29(12-10-28)19-7-5-6-8-20(19)31-2/h5-8,13-14H,9-12,15H2,1-4H3. The number of hydrogen-bond acceptors (Lipinski definition) is 8. The van der Waals surface area contributed by atoms with Gasteiger partial charge in [0, 0.05) is 37.6 Å². The van der Waals surface area contributed by atoms with Crippen molar-refractivity contribution < 1.29 is 14.2 Å². The Hall–Kier alpha value is -3.59. The predicted octanol–water partition coefficient (Wildman–Crippen LogP) is 2.93. The molecule has 0 aliphatic carbocycles. The minimum Gasteiger partial charge on any atom is -0.495 e. The van der Waals surface area contributed by atoms with Crippen molar-refractivity contribution in [3.63, 3.8) is 0 Å².